The van der Waals surface area contributed by atoms with Crippen LogP contribution in [-0.2, 0) is 11.4 Å². The molecule has 0 aromatic heterocycles. The van der Waals surface area contributed by atoms with E-state index < -0.39 is 5.97 Å². The van der Waals surface area contributed by atoms with Gasteiger partial charge in [0.1, 0.15) is 30.5 Å². The van der Waals surface area contributed by atoms with Gasteiger partial charge in [0.2, 0.25) is 0 Å². The molecule has 0 fully saturated rings. The first-order chi connectivity index (χ1) is 15.1. The smallest absolute Gasteiger partial charge is 0.304 e. The Morgan fingerprint density at radius 1 is 1.00 bits per heavy atom. The van der Waals surface area contributed by atoms with Crippen LogP contribution in [0.5, 0.6) is 17.2 Å². The minimum atomic E-state index is -0.828. The molecule has 4 rings (SSSR count). The van der Waals surface area contributed by atoms with Crippen molar-refractivity contribution < 1.29 is 24.1 Å². The predicted molar refractivity (Wildman–Crippen MR) is 116 cm³/mol. The first-order valence-corrected chi connectivity index (χ1v) is 10.0. The van der Waals surface area contributed by atoms with Crippen LogP contribution >= 0.6 is 0 Å². The molecular weight excluding hydrogens is 394 g/mol. The quantitative estimate of drug-likeness (QED) is 0.494. The zero-order valence-electron chi connectivity index (χ0n) is 16.9. The van der Waals surface area contributed by atoms with E-state index in [0.717, 1.165) is 16.7 Å². The molecule has 0 saturated carbocycles. The summed E-state index contributed by atoms with van der Waals surface area (Å²) in [5, 5.41) is 17.1. The van der Waals surface area contributed by atoms with Crippen molar-refractivity contribution in [3.05, 3.63) is 89.5 Å². The average Bonchev–Trinajstić information content (AvgIpc) is 3.18. The Hall–Kier alpha value is -3.80. The van der Waals surface area contributed by atoms with Crippen molar-refractivity contribution in [2.75, 3.05) is 13.2 Å². The van der Waals surface area contributed by atoms with Crippen LogP contribution in [0.2, 0.25) is 0 Å². The van der Waals surface area contributed by atoms with Gasteiger partial charge in [-0.15, -0.1) is 0 Å². The maximum atomic E-state index is 11.0. The van der Waals surface area contributed by atoms with Crippen LogP contribution in [-0.4, -0.2) is 30.0 Å². The number of fused-ring (bicyclic) bond motifs is 1. The summed E-state index contributed by atoms with van der Waals surface area (Å²) in [6, 6.07) is 22.6. The molecule has 0 aliphatic carbocycles. The molecule has 1 aliphatic rings. The fourth-order valence-corrected chi connectivity index (χ4v) is 3.45. The molecule has 0 spiro atoms. The number of rotatable bonds is 9. The normalized spacial score (nSPS) is 14.4. The summed E-state index contributed by atoms with van der Waals surface area (Å²) in [5.74, 6) is 1.11. The van der Waals surface area contributed by atoms with E-state index in [0.29, 0.717) is 36.2 Å². The molecule has 3 aromatic rings. The molecule has 6 heteroatoms. The second-order valence-corrected chi connectivity index (χ2v) is 7.37. The largest absolute Gasteiger partial charge is 0.492 e. The lowest BCUT2D eigenvalue weighted by Gasteiger charge is -2.10. The molecular formula is C25H23NO5. The van der Waals surface area contributed by atoms with Gasteiger partial charge in [0, 0.05) is 17.5 Å². The number of ether oxygens (including phenoxy) is 3. The van der Waals surface area contributed by atoms with Crippen LogP contribution in [0.4, 0.5) is 0 Å². The van der Waals surface area contributed by atoms with E-state index in [1.54, 1.807) is 0 Å². The number of nitrogens with one attached hydrogen (secondary N) is 1. The average molecular weight is 417 g/mol. The molecule has 0 amide bonds. The minimum absolute atomic E-state index is 0.0619. The van der Waals surface area contributed by atoms with Crippen molar-refractivity contribution in [3.8, 4) is 17.2 Å². The van der Waals surface area contributed by atoms with Gasteiger partial charge in [-0.25, -0.2) is 0 Å². The highest BCUT2D eigenvalue weighted by Gasteiger charge is 2.26. The molecule has 3 aromatic carbocycles. The van der Waals surface area contributed by atoms with Crippen LogP contribution in [0, 0.1) is 5.41 Å². The first-order valence-electron chi connectivity index (χ1n) is 10.0. The lowest BCUT2D eigenvalue weighted by molar-refractivity contribution is -0.137. The lowest BCUT2D eigenvalue weighted by atomic mass is 9.98. The molecule has 158 valence electrons. The van der Waals surface area contributed by atoms with E-state index in [1.165, 1.54) is 0 Å². The molecule has 0 radical (unpaired) electrons. The highest BCUT2D eigenvalue weighted by atomic mass is 16.5. The summed E-state index contributed by atoms with van der Waals surface area (Å²) in [6.07, 6.45) is 0.0619. The number of aliphatic carboxylic acids is 1. The van der Waals surface area contributed by atoms with E-state index in [-0.39, 0.29) is 18.9 Å². The molecule has 1 heterocycles. The van der Waals surface area contributed by atoms with E-state index in [9.17, 15) is 4.79 Å². The summed E-state index contributed by atoms with van der Waals surface area (Å²) in [6.45, 7) is 0.976. The number of hydrogen-bond donors (Lipinski definition) is 2. The van der Waals surface area contributed by atoms with Crippen molar-refractivity contribution in [2.45, 2.75) is 18.9 Å². The fourth-order valence-electron chi connectivity index (χ4n) is 3.45. The summed E-state index contributed by atoms with van der Waals surface area (Å²) < 4.78 is 17.2. The van der Waals surface area contributed by atoms with Crippen molar-refractivity contribution >= 4 is 11.7 Å². The van der Waals surface area contributed by atoms with E-state index in [1.807, 2.05) is 72.8 Å². The van der Waals surface area contributed by atoms with Crippen LogP contribution in [0.3, 0.4) is 0 Å². The summed E-state index contributed by atoms with van der Waals surface area (Å²) in [7, 11) is 0. The molecule has 6 nitrogen and oxygen atoms in total. The van der Waals surface area contributed by atoms with Crippen molar-refractivity contribution in [1.29, 1.82) is 5.41 Å². The van der Waals surface area contributed by atoms with Gasteiger partial charge in [0.05, 0.1) is 18.7 Å². The Morgan fingerprint density at radius 2 is 1.74 bits per heavy atom. The molecule has 0 bridgehead atoms. The molecule has 0 saturated heterocycles. The third-order valence-corrected chi connectivity index (χ3v) is 5.12. The standard InChI is InChI=1S/C25H23NO5/c26-23(18-4-2-1-3-5-18)16-30-20-8-6-17(7-9-20)14-29-21-10-11-22-19(12-25(27)28)15-31-24(22)13-21/h1-11,13,19,26H,12,14-16H2,(H,27,28). The van der Waals surface area contributed by atoms with Gasteiger partial charge in [-0.1, -0.05) is 48.5 Å². The Labute approximate surface area is 180 Å². The number of benzene rings is 3. The summed E-state index contributed by atoms with van der Waals surface area (Å²) >= 11 is 0. The number of carbonyl (C=O) groups is 1. The Kier molecular flexibility index (Phi) is 6.17. The van der Waals surface area contributed by atoms with Gasteiger partial charge in [-0.2, -0.15) is 0 Å². The van der Waals surface area contributed by atoms with Gasteiger partial charge < -0.3 is 24.7 Å². The topological polar surface area (TPSA) is 88.8 Å². The zero-order valence-corrected chi connectivity index (χ0v) is 16.9. The van der Waals surface area contributed by atoms with E-state index >= 15 is 0 Å². The molecule has 1 aliphatic heterocycles. The molecule has 2 N–H and O–H groups in total. The minimum Gasteiger partial charge on any atom is -0.492 e. The fraction of sp³-hybridized carbons (Fsp3) is 0.200. The second kappa shape index (κ2) is 9.34. The van der Waals surface area contributed by atoms with E-state index in [2.05, 4.69) is 0 Å². The number of carboxylic acid groups (broad SMARTS) is 1. The summed E-state index contributed by atoms with van der Waals surface area (Å²) in [5.41, 5.74) is 3.17. The van der Waals surface area contributed by atoms with Gasteiger partial charge >= 0.3 is 5.97 Å². The number of hydrogen-bond acceptors (Lipinski definition) is 5. The summed E-state index contributed by atoms with van der Waals surface area (Å²) in [4.78, 5) is 11.0. The maximum absolute atomic E-state index is 11.0. The van der Waals surface area contributed by atoms with Gasteiger partial charge in [0.25, 0.3) is 0 Å². The Bertz CT molecular complexity index is 1060. The Balaban J connectivity index is 1.29. The maximum Gasteiger partial charge on any atom is 0.304 e. The van der Waals surface area contributed by atoms with Crippen molar-refractivity contribution in [2.24, 2.45) is 0 Å². The SMILES string of the molecule is N=C(COc1ccc(COc2ccc3c(c2)OCC3CC(=O)O)cc1)c1ccccc1. The second-order valence-electron chi connectivity index (χ2n) is 7.37. The Morgan fingerprint density at radius 3 is 2.48 bits per heavy atom. The highest BCUT2D eigenvalue weighted by molar-refractivity contribution is 5.99. The van der Waals surface area contributed by atoms with Crippen LogP contribution in [0.15, 0.2) is 72.8 Å². The van der Waals surface area contributed by atoms with Crippen molar-refractivity contribution in [1.82, 2.24) is 0 Å². The van der Waals surface area contributed by atoms with Gasteiger partial charge in [-0.3, -0.25) is 4.79 Å². The third-order valence-electron chi connectivity index (χ3n) is 5.12. The van der Waals surface area contributed by atoms with E-state index in [4.69, 9.17) is 24.7 Å². The molecule has 31 heavy (non-hydrogen) atoms. The van der Waals surface area contributed by atoms with Gasteiger partial charge in [-0.05, 0) is 29.3 Å². The van der Waals surface area contributed by atoms with Gasteiger partial charge in [0.15, 0.2) is 0 Å². The monoisotopic (exact) mass is 417 g/mol. The predicted octanol–water partition coefficient (Wildman–Crippen LogP) is 4.66. The van der Waals surface area contributed by atoms with Crippen LogP contribution < -0.4 is 14.2 Å². The van der Waals surface area contributed by atoms with Crippen LogP contribution in [0.1, 0.15) is 29.0 Å². The van der Waals surface area contributed by atoms with Crippen molar-refractivity contribution in [3.63, 3.8) is 0 Å². The zero-order chi connectivity index (χ0) is 21.6. The third kappa shape index (κ3) is 5.22. The number of carboxylic acids is 1. The highest BCUT2D eigenvalue weighted by Crippen LogP contribution is 2.38. The first kappa shape index (κ1) is 20.5. The lowest BCUT2D eigenvalue weighted by Crippen LogP contribution is -2.11. The molecule has 1 atom stereocenters. The molecule has 1 unspecified atom stereocenters. The van der Waals surface area contributed by atoms with Crippen LogP contribution in [0.25, 0.3) is 0 Å².